The first-order valence-corrected chi connectivity index (χ1v) is 11.7. The van der Waals surface area contributed by atoms with Crippen molar-refractivity contribution in [3.8, 4) is 0 Å². The zero-order chi connectivity index (χ0) is 20.5. The molecule has 1 aromatic carbocycles. The Morgan fingerprint density at radius 3 is 2.34 bits per heavy atom. The molecule has 1 aliphatic rings. The van der Waals surface area contributed by atoms with Gasteiger partial charge in [-0.3, -0.25) is 9.78 Å². The number of pyridine rings is 1. The highest BCUT2D eigenvalue weighted by atomic mass is 32.2. The molecule has 0 aliphatic carbocycles. The molecular weight excluding hydrogens is 386 g/mol. The fraction of sp³-hybridized carbons (Fsp3) is 0.455. The van der Waals surface area contributed by atoms with Gasteiger partial charge in [-0.2, -0.15) is 4.31 Å². The molecule has 2 aromatic rings. The van der Waals surface area contributed by atoms with Crippen molar-refractivity contribution in [1.82, 2.24) is 14.6 Å². The fourth-order valence-corrected chi connectivity index (χ4v) is 5.01. The van der Waals surface area contributed by atoms with E-state index in [1.807, 2.05) is 24.3 Å². The average Bonchev–Trinajstić information content (AvgIpc) is 3.04. The molecule has 0 radical (unpaired) electrons. The van der Waals surface area contributed by atoms with Crippen LogP contribution in [-0.4, -0.2) is 43.2 Å². The molecule has 3 rings (SSSR count). The van der Waals surface area contributed by atoms with Crippen LogP contribution in [0.1, 0.15) is 43.2 Å². The maximum absolute atomic E-state index is 12.8. The van der Waals surface area contributed by atoms with E-state index in [1.54, 1.807) is 28.8 Å². The predicted octanol–water partition coefficient (Wildman–Crippen LogP) is 2.94. The number of carbonyl (C=O) groups is 1. The molecule has 2 heterocycles. The number of benzene rings is 1. The van der Waals surface area contributed by atoms with Gasteiger partial charge in [0.2, 0.25) is 15.9 Å². The third kappa shape index (κ3) is 6.37. The largest absolute Gasteiger partial charge is 0.356 e. The van der Waals surface area contributed by atoms with Crippen molar-refractivity contribution in [3.63, 3.8) is 0 Å². The molecule has 1 fully saturated rings. The van der Waals surface area contributed by atoms with Crippen LogP contribution in [0.3, 0.4) is 0 Å². The van der Waals surface area contributed by atoms with Crippen LogP contribution in [0.15, 0.2) is 53.7 Å². The van der Waals surface area contributed by atoms with Gasteiger partial charge in [-0.15, -0.1) is 0 Å². The number of nitrogens with one attached hydrogen (secondary N) is 1. The Bertz CT molecular complexity index is 875. The molecule has 0 atom stereocenters. The van der Waals surface area contributed by atoms with Gasteiger partial charge in [0.25, 0.3) is 0 Å². The minimum Gasteiger partial charge on any atom is -0.356 e. The molecule has 156 valence electrons. The first-order chi connectivity index (χ1) is 14.1. The van der Waals surface area contributed by atoms with E-state index in [1.165, 1.54) is 0 Å². The normalized spacial score (nSPS) is 15.6. The van der Waals surface area contributed by atoms with Gasteiger partial charge in [0.1, 0.15) is 0 Å². The van der Waals surface area contributed by atoms with Crippen molar-refractivity contribution in [3.05, 3.63) is 59.9 Å². The number of sulfonamides is 1. The van der Waals surface area contributed by atoms with Crippen molar-refractivity contribution >= 4 is 15.9 Å². The number of aryl methyl sites for hydroxylation is 1. The topological polar surface area (TPSA) is 79.4 Å². The number of aromatic nitrogens is 1. The van der Waals surface area contributed by atoms with E-state index in [0.29, 0.717) is 37.4 Å². The van der Waals surface area contributed by atoms with Crippen LogP contribution in [0.25, 0.3) is 0 Å². The van der Waals surface area contributed by atoms with Gasteiger partial charge in [-0.05, 0) is 55.0 Å². The Hall–Kier alpha value is -2.25. The summed E-state index contributed by atoms with van der Waals surface area (Å²) in [5, 5.41) is 2.92. The molecule has 1 N–H and O–H groups in total. The van der Waals surface area contributed by atoms with Gasteiger partial charge in [0.05, 0.1) is 4.90 Å². The summed E-state index contributed by atoms with van der Waals surface area (Å²) < 4.78 is 27.2. The van der Waals surface area contributed by atoms with E-state index in [9.17, 15) is 13.2 Å². The maximum atomic E-state index is 12.8. The summed E-state index contributed by atoms with van der Waals surface area (Å²) in [6, 6.07) is 10.8. The van der Waals surface area contributed by atoms with Crippen LogP contribution in [0.5, 0.6) is 0 Å². The summed E-state index contributed by atoms with van der Waals surface area (Å²) in [6.45, 7) is 1.78. The fourth-order valence-electron chi connectivity index (χ4n) is 3.50. The van der Waals surface area contributed by atoms with Crippen LogP contribution in [0, 0.1) is 0 Å². The van der Waals surface area contributed by atoms with Gasteiger partial charge in [-0.25, -0.2) is 8.42 Å². The Kier molecular flexibility index (Phi) is 7.77. The molecule has 1 amide bonds. The van der Waals surface area contributed by atoms with Gasteiger partial charge in [0, 0.05) is 38.4 Å². The average molecular weight is 416 g/mol. The van der Waals surface area contributed by atoms with Crippen LogP contribution in [-0.2, 0) is 27.7 Å². The minimum absolute atomic E-state index is 0.00449. The summed E-state index contributed by atoms with van der Waals surface area (Å²) in [4.78, 5) is 16.4. The molecule has 0 spiro atoms. The van der Waals surface area contributed by atoms with Crippen molar-refractivity contribution in [2.75, 3.05) is 19.6 Å². The highest BCUT2D eigenvalue weighted by Crippen LogP contribution is 2.21. The van der Waals surface area contributed by atoms with E-state index in [0.717, 1.165) is 43.2 Å². The second-order valence-corrected chi connectivity index (χ2v) is 9.36. The van der Waals surface area contributed by atoms with Crippen LogP contribution in [0.2, 0.25) is 0 Å². The predicted molar refractivity (Wildman–Crippen MR) is 113 cm³/mol. The molecule has 1 aliphatic heterocycles. The molecule has 1 aromatic heterocycles. The molecule has 6 nitrogen and oxygen atoms in total. The van der Waals surface area contributed by atoms with Crippen molar-refractivity contribution in [2.45, 2.75) is 49.8 Å². The van der Waals surface area contributed by atoms with Crippen molar-refractivity contribution in [2.24, 2.45) is 0 Å². The van der Waals surface area contributed by atoms with Crippen LogP contribution < -0.4 is 5.32 Å². The van der Waals surface area contributed by atoms with Gasteiger partial charge in [-0.1, -0.05) is 31.0 Å². The van der Waals surface area contributed by atoms with E-state index < -0.39 is 10.0 Å². The molecule has 0 unspecified atom stereocenters. The Labute approximate surface area is 173 Å². The van der Waals surface area contributed by atoms with Crippen LogP contribution >= 0.6 is 0 Å². The Morgan fingerprint density at radius 1 is 0.966 bits per heavy atom. The maximum Gasteiger partial charge on any atom is 0.243 e. The van der Waals surface area contributed by atoms with E-state index in [2.05, 4.69) is 10.3 Å². The van der Waals surface area contributed by atoms with E-state index in [-0.39, 0.29) is 5.91 Å². The summed E-state index contributed by atoms with van der Waals surface area (Å²) in [5.74, 6) is -0.00449. The lowest BCUT2D eigenvalue weighted by molar-refractivity contribution is -0.121. The standard InChI is InChI=1S/C22H29N3O3S/c26-22(24-15-13-20-6-5-14-23-18-20)12-9-19-7-10-21(11-8-19)29(27,28)25-16-3-1-2-4-17-25/h5-8,10-11,14,18H,1-4,9,12-13,15-17H2,(H,24,26). The number of hydrogen-bond acceptors (Lipinski definition) is 4. The summed E-state index contributed by atoms with van der Waals surface area (Å²) >= 11 is 0. The number of hydrogen-bond donors (Lipinski definition) is 1. The zero-order valence-corrected chi connectivity index (χ0v) is 17.5. The monoisotopic (exact) mass is 415 g/mol. The zero-order valence-electron chi connectivity index (χ0n) is 16.7. The lowest BCUT2D eigenvalue weighted by Gasteiger charge is -2.20. The van der Waals surface area contributed by atoms with Gasteiger partial charge < -0.3 is 5.32 Å². The first kappa shape index (κ1) is 21.5. The lowest BCUT2D eigenvalue weighted by atomic mass is 10.1. The molecule has 0 saturated carbocycles. The molecule has 29 heavy (non-hydrogen) atoms. The highest BCUT2D eigenvalue weighted by Gasteiger charge is 2.24. The number of nitrogens with zero attached hydrogens (tertiary/aromatic N) is 2. The van der Waals surface area contributed by atoms with Gasteiger partial charge >= 0.3 is 0 Å². The number of carbonyl (C=O) groups excluding carboxylic acids is 1. The van der Waals surface area contributed by atoms with Crippen molar-refractivity contribution in [1.29, 1.82) is 0 Å². The minimum atomic E-state index is -3.42. The van der Waals surface area contributed by atoms with E-state index >= 15 is 0 Å². The molecule has 7 heteroatoms. The SMILES string of the molecule is O=C(CCc1ccc(S(=O)(=O)N2CCCCCC2)cc1)NCCc1cccnc1. The van der Waals surface area contributed by atoms with Crippen LogP contribution in [0.4, 0.5) is 0 Å². The quantitative estimate of drug-likeness (QED) is 0.719. The smallest absolute Gasteiger partial charge is 0.243 e. The number of rotatable bonds is 8. The summed E-state index contributed by atoms with van der Waals surface area (Å²) in [7, 11) is -3.42. The Morgan fingerprint density at radius 2 is 1.69 bits per heavy atom. The first-order valence-electron chi connectivity index (χ1n) is 10.3. The second kappa shape index (κ2) is 10.5. The lowest BCUT2D eigenvalue weighted by Crippen LogP contribution is -2.31. The molecule has 1 saturated heterocycles. The molecule has 0 bridgehead atoms. The molecular formula is C22H29N3O3S. The van der Waals surface area contributed by atoms with Crippen molar-refractivity contribution < 1.29 is 13.2 Å². The van der Waals surface area contributed by atoms with E-state index in [4.69, 9.17) is 0 Å². The summed E-state index contributed by atoms with van der Waals surface area (Å²) in [5.41, 5.74) is 2.05. The third-order valence-electron chi connectivity index (χ3n) is 5.23. The Balaban J connectivity index is 1.46. The summed E-state index contributed by atoms with van der Waals surface area (Å²) in [6.07, 6.45) is 9.28. The highest BCUT2D eigenvalue weighted by molar-refractivity contribution is 7.89. The second-order valence-electron chi connectivity index (χ2n) is 7.42. The third-order valence-corrected chi connectivity index (χ3v) is 7.14. The number of amides is 1. The van der Waals surface area contributed by atoms with Gasteiger partial charge in [0.15, 0.2) is 0 Å².